The molecular weight excluding hydrogens is 624 g/mol. The van der Waals surface area contributed by atoms with Gasteiger partial charge in [-0.15, -0.1) is 0 Å². The number of ether oxygens (including phenoxy) is 6. The van der Waals surface area contributed by atoms with Gasteiger partial charge in [-0.2, -0.15) is 0 Å². The third-order valence-electron chi connectivity index (χ3n) is 8.96. The molecule has 15 nitrogen and oxygen atoms in total. The molecule has 47 heavy (non-hydrogen) atoms. The third-order valence-corrected chi connectivity index (χ3v) is 8.96. The lowest BCUT2D eigenvalue weighted by Gasteiger charge is -2.40. The van der Waals surface area contributed by atoms with Crippen LogP contribution in [0, 0.1) is 0 Å². The van der Waals surface area contributed by atoms with Crippen LogP contribution < -0.4 is 14.2 Å². The summed E-state index contributed by atoms with van der Waals surface area (Å²) in [6.45, 7) is -1.60. The number of benzene rings is 2. The smallest absolute Gasteiger partial charge is 0.229 e. The van der Waals surface area contributed by atoms with E-state index in [0.717, 1.165) is 5.56 Å². The molecule has 262 valence electrons. The first kappa shape index (κ1) is 35.5. The molecule has 0 aromatic heterocycles. The molecule has 0 saturated carbocycles. The van der Waals surface area contributed by atoms with Crippen LogP contribution in [0.15, 0.2) is 24.3 Å². The van der Waals surface area contributed by atoms with Crippen LogP contribution >= 0.6 is 0 Å². The van der Waals surface area contributed by atoms with Crippen molar-refractivity contribution in [1.82, 2.24) is 0 Å². The Morgan fingerprint density at radius 1 is 0.809 bits per heavy atom. The minimum Gasteiger partial charge on any atom is -0.507 e. The Labute approximate surface area is 271 Å². The summed E-state index contributed by atoms with van der Waals surface area (Å²) < 4.78 is 34.0. The topological polar surface area (TPSA) is 237 Å². The first-order chi connectivity index (χ1) is 22.4. The summed E-state index contributed by atoms with van der Waals surface area (Å²) in [5.41, 5.74) is 2.47. The molecule has 2 saturated heterocycles. The number of aryl methyl sites for hydroxylation is 2. The van der Waals surface area contributed by atoms with Crippen LogP contribution in [0.4, 0.5) is 0 Å². The van der Waals surface area contributed by atoms with Gasteiger partial charge >= 0.3 is 0 Å². The molecule has 3 aliphatic rings. The zero-order chi connectivity index (χ0) is 34.0. The van der Waals surface area contributed by atoms with Crippen molar-refractivity contribution in [3.8, 4) is 34.1 Å². The fourth-order valence-electron chi connectivity index (χ4n) is 6.18. The average Bonchev–Trinajstić information content (AvgIpc) is 3.29. The quantitative estimate of drug-likeness (QED) is 0.165. The number of phenolic OH excluding ortho intramolecular Hbond substituents is 1. The van der Waals surface area contributed by atoms with E-state index in [1.165, 1.54) is 14.2 Å². The van der Waals surface area contributed by atoms with Gasteiger partial charge in [0.05, 0.1) is 33.5 Å². The van der Waals surface area contributed by atoms with Crippen LogP contribution in [0.2, 0.25) is 0 Å². The number of rotatable bonds is 8. The summed E-state index contributed by atoms with van der Waals surface area (Å²) >= 11 is 0. The van der Waals surface area contributed by atoms with Crippen LogP contribution in [0.1, 0.15) is 36.8 Å². The molecule has 0 spiro atoms. The maximum absolute atomic E-state index is 10.9. The normalized spacial score (nSPS) is 34.6. The number of hydrogen-bond donors (Lipinski definition) is 9. The summed E-state index contributed by atoms with van der Waals surface area (Å²) in [7, 11) is 2.81. The van der Waals surface area contributed by atoms with Gasteiger partial charge in [0.1, 0.15) is 42.4 Å². The number of hydrogen-bond acceptors (Lipinski definition) is 15. The lowest BCUT2D eigenvalue weighted by Crippen LogP contribution is -2.60. The largest absolute Gasteiger partial charge is 0.507 e. The van der Waals surface area contributed by atoms with Crippen LogP contribution in [0.3, 0.4) is 0 Å². The predicted molar refractivity (Wildman–Crippen MR) is 161 cm³/mol. The van der Waals surface area contributed by atoms with Crippen LogP contribution in [-0.2, 0) is 27.1 Å². The van der Waals surface area contributed by atoms with E-state index in [4.69, 9.17) is 28.4 Å². The van der Waals surface area contributed by atoms with Gasteiger partial charge in [0.25, 0.3) is 0 Å². The van der Waals surface area contributed by atoms with E-state index >= 15 is 0 Å². The SMILES string of the molecule is COc1c2cc(c(OC3OC(COC4OC(O)(CO)C(O)C4O)C(O)C(O)C3O)c1OC)CCCCC(O)CCc1ccc(O)c-2c1. The highest BCUT2D eigenvalue weighted by atomic mass is 16.8. The maximum atomic E-state index is 10.9. The predicted octanol–water partition coefficient (Wildman–Crippen LogP) is -0.942. The van der Waals surface area contributed by atoms with Gasteiger partial charge in [0.15, 0.2) is 17.8 Å². The fraction of sp³-hybridized carbons (Fsp3) is 0.625. The molecule has 1 aliphatic carbocycles. The van der Waals surface area contributed by atoms with Crippen molar-refractivity contribution in [2.24, 2.45) is 0 Å². The van der Waals surface area contributed by atoms with Crippen molar-refractivity contribution in [3.63, 3.8) is 0 Å². The van der Waals surface area contributed by atoms with Gasteiger partial charge in [-0.25, -0.2) is 0 Å². The molecule has 2 fully saturated rings. The third kappa shape index (κ3) is 7.16. The highest BCUT2D eigenvalue weighted by molar-refractivity contribution is 5.81. The molecule has 10 atom stereocenters. The molecule has 0 radical (unpaired) electrons. The highest BCUT2D eigenvalue weighted by Gasteiger charge is 2.54. The molecule has 2 aromatic rings. The second-order valence-corrected chi connectivity index (χ2v) is 12.2. The molecule has 4 bridgehead atoms. The van der Waals surface area contributed by atoms with Crippen molar-refractivity contribution in [2.75, 3.05) is 27.4 Å². The Balaban J connectivity index is 1.46. The Kier molecular flexibility index (Phi) is 11.1. The van der Waals surface area contributed by atoms with Gasteiger partial charge in [-0.05, 0) is 61.4 Å². The Hall–Kier alpha value is -2.80. The first-order valence-corrected chi connectivity index (χ1v) is 15.6. The van der Waals surface area contributed by atoms with Crippen LogP contribution in [0.5, 0.6) is 23.0 Å². The van der Waals surface area contributed by atoms with E-state index in [1.54, 1.807) is 18.2 Å². The molecule has 2 aromatic carbocycles. The Bertz CT molecular complexity index is 1370. The van der Waals surface area contributed by atoms with Crippen LogP contribution in [-0.4, -0.2) is 134 Å². The van der Waals surface area contributed by atoms with Crippen molar-refractivity contribution in [1.29, 1.82) is 0 Å². The molecule has 2 heterocycles. The molecule has 10 unspecified atom stereocenters. The van der Waals surface area contributed by atoms with Crippen molar-refractivity contribution in [3.05, 3.63) is 35.4 Å². The molecule has 9 N–H and O–H groups in total. The second kappa shape index (κ2) is 14.8. The number of aliphatic hydroxyl groups is 8. The maximum Gasteiger partial charge on any atom is 0.229 e. The average molecular weight is 669 g/mol. The van der Waals surface area contributed by atoms with Crippen LogP contribution in [0.25, 0.3) is 11.1 Å². The standard InChI is InChI=1S/C32H44O15/c1-42-27-19-12-16(5-3-4-6-17(34)9-7-15-8-10-20(35)18(19)11-15)26(28(27)43-2)46-31-24(38)23(37)22(36)21(45-31)13-44-30-25(39)29(40)32(41,14-33)47-30/h8,10-12,17,21-25,29-31,33-41H,3-7,9,13-14H2,1-2H3. The second-order valence-electron chi connectivity index (χ2n) is 12.2. The minimum atomic E-state index is -2.48. The van der Waals surface area contributed by atoms with Gasteiger partial charge in [-0.3, -0.25) is 0 Å². The molecular formula is C32H44O15. The van der Waals surface area contributed by atoms with Gasteiger partial charge < -0.3 is 74.4 Å². The van der Waals surface area contributed by atoms with E-state index < -0.39 is 74.3 Å². The highest BCUT2D eigenvalue weighted by Crippen LogP contribution is 2.50. The monoisotopic (exact) mass is 668 g/mol. The van der Waals surface area contributed by atoms with E-state index in [9.17, 15) is 46.0 Å². The van der Waals surface area contributed by atoms with E-state index in [0.29, 0.717) is 55.2 Å². The number of aliphatic hydroxyl groups excluding tert-OH is 7. The Morgan fingerprint density at radius 3 is 2.23 bits per heavy atom. The lowest BCUT2D eigenvalue weighted by molar-refractivity contribution is -0.307. The summed E-state index contributed by atoms with van der Waals surface area (Å²) in [4.78, 5) is 0. The van der Waals surface area contributed by atoms with E-state index in [1.807, 2.05) is 6.07 Å². The van der Waals surface area contributed by atoms with Crippen molar-refractivity contribution in [2.45, 2.75) is 99.6 Å². The molecule has 5 rings (SSSR count). The van der Waals surface area contributed by atoms with Crippen molar-refractivity contribution >= 4 is 0 Å². The first-order valence-electron chi connectivity index (χ1n) is 15.6. The summed E-state index contributed by atoms with van der Waals surface area (Å²) in [5.74, 6) is -2.05. The zero-order valence-electron chi connectivity index (χ0n) is 26.1. The van der Waals surface area contributed by atoms with Gasteiger partial charge in [0, 0.05) is 11.1 Å². The molecule has 2 aliphatic heterocycles. The molecule has 0 amide bonds. The lowest BCUT2D eigenvalue weighted by atomic mass is 9.95. The Morgan fingerprint density at radius 2 is 1.55 bits per heavy atom. The number of phenols is 1. The van der Waals surface area contributed by atoms with E-state index in [-0.39, 0.29) is 23.0 Å². The molecule has 15 heteroatoms. The minimum absolute atomic E-state index is 0.00330. The zero-order valence-corrected chi connectivity index (χ0v) is 26.1. The summed E-state index contributed by atoms with van der Waals surface area (Å²) in [6, 6.07) is 6.97. The summed E-state index contributed by atoms with van der Waals surface area (Å²) in [6.07, 6.45) is -10.5. The fourth-order valence-corrected chi connectivity index (χ4v) is 6.18. The van der Waals surface area contributed by atoms with Crippen molar-refractivity contribution < 1.29 is 74.4 Å². The van der Waals surface area contributed by atoms with E-state index in [2.05, 4.69) is 0 Å². The summed E-state index contributed by atoms with van der Waals surface area (Å²) in [5, 5.41) is 93.5. The van der Waals surface area contributed by atoms with Gasteiger partial charge in [-0.1, -0.05) is 12.5 Å². The number of fused-ring (bicyclic) bond motifs is 5. The van der Waals surface area contributed by atoms with Gasteiger partial charge in [0.2, 0.25) is 17.8 Å². The number of methoxy groups -OCH3 is 2. The number of aromatic hydroxyl groups is 1.